The standard InChI is InChI=1S/C13H24N2O3/c1-8(2)10-12(17)15(9(3)11(16)14-10)13(4,5)7-18-6/h8-10H,7H2,1-6H3,(H,14,16). The van der Waals surface area contributed by atoms with Crippen molar-refractivity contribution in [3.8, 4) is 0 Å². The van der Waals surface area contributed by atoms with Crippen molar-refractivity contribution in [1.29, 1.82) is 0 Å². The molecule has 1 aliphatic rings. The summed E-state index contributed by atoms with van der Waals surface area (Å²) in [5.74, 6) is -0.0496. The minimum Gasteiger partial charge on any atom is -0.382 e. The quantitative estimate of drug-likeness (QED) is 0.809. The highest BCUT2D eigenvalue weighted by Gasteiger charge is 2.45. The van der Waals surface area contributed by atoms with Crippen molar-refractivity contribution < 1.29 is 14.3 Å². The van der Waals surface area contributed by atoms with E-state index >= 15 is 0 Å². The molecule has 2 amide bonds. The van der Waals surface area contributed by atoms with Crippen LogP contribution < -0.4 is 5.32 Å². The van der Waals surface area contributed by atoms with E-state index in [1.165, 1.54) is 0 Å². The van der Waals surface area contributed by atoms with Crippen molar-refractivity contribution in [2.75, 3.05) is 13.7 Å². The summed E-state index contributed by atoms with van der Waals surface area (Å²) in [5.41, 5.74) is -0.490. The van der Waals surface area contributed by atoms with Crippen molar-refractivity contribution in [2.45, 2.75) is 52.2 Å². The minimum absolute atomic E-state index is 0.0286. The van der Waals surface area contributed by atoms with Crippen molar-refractivity contribution in [3.63, 3.8) is 0 Å². The lowest BCUT2D eigenvalue weighted by Crippen LogP contribution is -2.69. The number of nitrogens with one attached hydrogen (secondary N) is 1. The SMILES string of the molecule is COCC(C)(C)N1C(=O)C(C(C)C)NC(=O)C1C. The lowest BCUT2D eigenvalue weighted by Gasteiger charge is -2.47. The van der Waals surface area contributed by atoms with E-state index in [-0.39, 0.29) is 17.7 Å². The molecule has 0 radical (unpaired) electrons. The first-order chi connectivity index (χ1) is 8.22. The zero-order valence-electron chi connectivity index (χ0n) is 12.1. The Balaban J connectivity index is 3.06. The van der Waals surface area contributed by atoms with Crippen LogP contribution in [0.2, 0.25) is 0 Å². The maximum Gasteiger partial charge on any atom is 0.246 e. The molecule has 5 nitrogen and oxygen atoms in total. The maximum absolute atomic E-state index is 12.5. The van der Waals surface area contributed by atoms with Gasteiger partial charge in [-0.05, 0) is 26.7 Å². The van der Waals surface area contributed by atoms with Crippen LogP contribution in [-0.4, -0.2) is 48.1 Å². The van der Waals surface area contributed by atoms with Crippen LogP contribution in [0.1, 0.15) is 34.6 Å². The van der Waals surface area contributed by atoms with Gasteiger partial charge in [-0.25, -0.2) is 0 Å². The first-order valence-electron chi connectivity index (χ1n) is 6.35. The molecule has 0 spiro atoms. The maximum atomic E-state index is 12.5. The topological polar surface area (TPSA) is 58.6 Å². The Morgan fingerprint density at radius 1 is 1.39 bits per heavy atom. The molecule has 0 aromatic carbocycles. The number of hydrogen-bond donors (Lipinski definition) is 1. The van der Waals surface area contributed by atoms with Crippen molar-refractivity contribution in [2.24, 2.45) is 5.92 Å². The van der Waals surface area contributed by atoms with E-state index in [4.69, 9.17) is 4.74 Å². The molecule has 0 bridgehead atoms. The first-order valence-corrected chi connectivity index (χ1v) is 6.35. The van der Waals surface area contributed by atoms with Gasteiger partial charge in [-0.2, -0.15) is 0 Å². The third-order valence-corrected chi connectivity index (χ3v) is 3.38. The molecule has 2 unspecified atom stereocenters. The fourth-order valence-corrected chi connectivity index (χ4v) is 2.49. The summed E-state index contributed by atoms with van der Waals surface area (Å²) in [4.78, 5) is 26.1. The van der Waals surface area contributed by atoms with Crippen LogP contribution >= 0.6 is 0 Å². The second-order valence-electron chi connectivity index (χ2n) is 5.86. The van der Waals surface area contributed by atoms with Crippen LogP contribution in [0.4, 0.5) is 0 Å². The van der Waals surface area contributed by atoms with Crippen LogP contribution in [0, 0.1) is 5.92 Å². The number of carbonyl (C=O) groups excluding carboxylic acids is 2. The van der Waals surface area contributed by atoms with E-state index in [0.29, 0.717) is 6.61 Å². The van der Waals surface area contributed by atoms with Crippen molar-refractivity contribution in [3.05, 3.63) is 0 Å². The lowest BCUT2D eigenvalue weighted by molar-refractivity contribution is -0.158. The molecule has 5 heteroatoms. The number of ether oxygens (including phenoxy) is 1. The Hall–Kier alpha value is -1.10. The molecular formula is C13H24N2O3. The third kappa shape index (κ3) is 2.66. The summed E-state index contributed by atoms with van der Waals surface area (Å²) in [6, 6.07) is -0.900. The van der Waals surface area contributed by atoms with Gasteiger partial charge in [-0.15, -0.1) is 0 Å². The van der Waals surface area contributed by atoms with E-state index in [1.807, 2.05) is 27.7 Å². The van der Waals surface area contributed by atoms with Crippen molar-refractivity contribution in [1.82, 2.24) is 10.2 Å². The molecular weight excluding hydrogens is 232 g/mol. The molecule has 1 saturated heterocycles. The van der Waals surface area contributed by atoms with Crippen LogP contribution in [0.25, 0.3) is 0 Å². The number of methoxy groups -OCH3 is 1. The fraction of sp³-hybridized carbons (Fsp3) is 0.846. The number of amides is 2. The van der Waals surface area contributed by atoms with Gasteiger partial charge in [0.05, 0.1) is 12.1 Å². The molecule has 0 aromatic heterocycles. The van der Waals surface area contributed by atoms with Gasteiger partial charge in [0.1, 0.15) is 12.1 Å². The summed E-state index contributed by atoms with van der Waals surface area (Å²) >= 11 is 0. The molecule has 104 valence electrons. The zero-order valence-corrected chi connectivity index (χ0v) is 12.1. The van der Waals surface area contributed by atoms with E-state index < -0.39 is 17.6 Å². The van der Waals surface area contributed by atoms with Crippen LogP contribution in [0.15, 0.2) is 0 Å². The molecule has 0 aliphatic carbocycles. The molecule has 2 atom stereocenters. The summed E-state index contributed by atoms with van der Waals surface area (Å²) in [6.45, 7) is 9.85. The molecule has 0 saturated carbocycles. The second kappa shape index (κ2) is 5.26. The first kappa shape index (κ1) is 15.0. The van der Waals surface area contributed by atoms with Crippen LogP contribution in [0.5, 0.6) is 0 Å². The van der Waals surface area contributed by atoms with E-state index in [0.717, 1.165) is 0 Å². The monoisotopic (exact) mass is 256 g/mol. The lowest BCUT2D eigenvalue weighted by atomic mass is 9.92. The molecule has 1 aliphatic heterocycles. The van der Waals surface area contributed by atoms with Gasteiger partial charge in [0.2, 0.25) is 11.8 Å². The molecule has 1 rings (SSSR count). The summed E-state index contributed by atoms with van der Waals surface area (Å²) in [6.07, 6.45) is 0. The predicted octanol–water partition coefficient (Wildman–Crippen LogP) is 0.783. The molecule has 0 aromatic rings. The van der Waals surface area contributed by atoms with Gasteiger partial charge in [0.25, 0.3) is 0 Å². The Morgan fingerprint density at radius 3 is 2.39 bits per heavy atom. The predicted molar refractivity (Wildman–Crippen MR) is 69.0 cm³/mol. The smallest absolute Gasteiger partial charge is 0.246 e. The Bertz CT molecular complexity index is 339. The van der Waals surface area contributed by atoms with Gasteiger partial charge in [0.15, 0.2) is 0 Å². The van der Waals surface area contributed by atoms with Crippen molar-refractivity contribution >= 4 is 11.8 Å². The van der Waals surface area contributed by atoms with Gasteiger partial charge < -0.3 is 15.0 Å². The van der Waals surface area contributed by atoms with Gasteiger partial charge in [-0.3, -0.25) is 9.59 Å². The van der Waals surface area contributed by atoms with E-state index in [2.05, 4.69) is 5.32 Å². The number of piperazine rings is 1. The Morgan fingerprint density at radius 2 is 1.94 bits per heavy atom. The molecule has 1 heterocycles. The van der Waals surface area contributed by atoms with E-state index in [9.17, 15) is 9.59 Å². The Labute approximate surface area is 109 Å². The Kier molecular flexibility index (Phi) is 4.37. The summed E-state index contributed by atoms with van der Waals surface area (Å²) in [7, 11) is 1.60. The fourth-order valence-electron chi connectivity index (χ4n) is 2.49. The average molecular weight is 256 g/mol. The largest absolute Gasteiger partial charge is 0.382 e. The molecule has 1 fully saturated rings. The number of nitrogens with zero attached hydrogens (tertiary/aromatic N) is 1. The number of carbonyl (C=O) groups is 2. The third-order valence-electron chi connectivity index (χ3n) is 3.38. The minimum atomic E-state index is -0.490. The highest BCUT2D eigenvalue weighted by atomic mass is 16.5. The van der Waals surface area contributed by atoms with Gasteiger partial charge in [0, 0.05) is 7.11 Å². The van der Waals surface area contributed by atoms with E-state index in [1.54, 1.807) is 18.9 Å². The van der Waals surface area contributed by atoms with Gasteiger partial charge >= 0.3 is 0 Å². The van der Waals surface area contributed by atoms with Crippen LogP contribution in [0.3, 0.4) is 0 Å². The summed E-state index contributed by atoms with van der Waals surface area (Å²) < 4.78 is 5.16. The van der Waals surface area contributed by atoms with Gasteiger partial charge in [-0.1, -0.05) is 13.8 Å². The zero-order chi connectivity index (χ0) is 14.1. The second-order valence-corrected chi connectivity index (χ2v) is 5.86. The molecule has 1 N–H and O–H groups in total. The van der Waals surface area contributed by atoms with Crippen LogP contribution in [-0.2, 0) is 14.3 Å². The number of rotatable bonds is 4. The highest BCUT2D eigenvalue weighted by Crippen LogP contribution is 2.24. The highest BCUT2D eigenvalue weighted by molar-refractivity contribution is 5.97. The molecule has 18 heavy (non-hydrogen) atoms. The average Bonchev–Trinajstić information content (AvgIpc) is 2.22. The normalized spacial score (nSPS) is 25.6. The number of hydrogen-bond acceptors (Lipinski definition) is 3. The summed E-state index contributed by atoms with van der Waals surface area (Å²) in [5, 5.41) is 2.79.